The SMILES string of the molecule is C=CCN(C(=O)C1N([C@H](C)CO)C(=O)[C@@H]2[C@@H](C(=O)O)[C@]3(C)OC12CC3C)c1ccc2ccccc2c1. The first-order valence-corrected chi connectivity index (χ1v) is 12.4. The predicted molar refractivity (Wildman–Crippen MR) is 134 cm³/mol. The second-order valence-corrected chi connectivity index (χ2v) is 10.6. The van der Waals surface area contributed by atoms with Crippen molar-refractivity contribution in [2.24, 2.45) is 17.8 Å². The van der Waals surface area contributed by atoms with Gasteiger partial charge in [0.15, 0.2) is 0 Å². The van der Waals surface area contributed by atoms with Gasteiger partial charge in [0.2, 0.25) is 5.91 Å². The standard InChI is InChI=1S/C28H32N2O6/c1-5-12-29(20-11-10-18-8-6-7-9-19(18)13-20)25(33)23-28-14-16(2)27(4,36-28)22(26(34)35)21(28)24(32)30(23)17(3)15-31/h5-11,13,16-17,21-23,31H,1,12,14-15H2,2-4H3,(H,34,35)/t16?,17-,21+,22+,23?,27-,28?/m1/s1. The number of anilines is 1. The molecule has 5 rings (SSSR count). The van der Waals surface area contributed by atoms with E-state index in [4.69, 9.17) is 4.74 Å². The molecule has 2 bridgehead atoms. The molecule has 7 atom stereocenters. The van der Waals surface area contributed by atoms with Gasteiger partial charge in [0.25, 0.3) is 5.91 Å². The number of nitrogens with zero attached hydrogens (tertiary/aromatic N) is 2. The number of aliphatic carboxylic acids is 1. The van der Waals surface area contributed by atoms with Crippen LogP contribution < -0.4 is 4.90 Å². The minimum Gasteiger partial charge on any atom is -0.481 e. The average Bonchev–Trinajstić information content (AvgIpc) is 3.38. The highest BCUT2D eigenvalue weighted by molar-refractivity contribution is 6.05. The van der Waals surface area contributed by atoms with Crippen molar-refractivity contribution < 1.29 is 29.3 Å². The largest absolute Gasteiger partial charge is 0.481 e. The Bertz CT molecular complexity index is 1260. The van der Waals surface area contributed by atoms with Crippen LogP contribution in [0, 0.1) is 17.8 Å². The molecule has 8 nitrogen and oxygen atoms in total. The first-order valence-electron chi connectivity index (χ1n) is 12.4. The van der Waals surface area contributed by atoms with E-state index < -0.39 is 47.0 Å². The number of aliphatic hydroxyl groups excluding tert-OH is 1. The lowest BCUT2D eigenvalue weighted by Gasteiger charge is -2.38. The number of benzene rings is 2. The molecule has 0 radical (unpaired) electrons. The number of carbonyl (C=O) groups excluding carboxylic acids is 2. The lowest BCUT2D eigenvalue weighted by Crippen LogP contribution is -2.58. The lowest BCUT2D eigenvalue weighted by molar-refractivity contribution is -0.157. The van der Waals surface area contributed by atoms with Crippen LogP contribution in [0.5, 0.6) is 0 Å². The summed E-state index contributed by atoms with van der Waals surface area (Å²) in [6.45, 7) is 8.98. The molecule has 3 fully saturated rings. The molecule has 1 spiro atoms. The minimum absolute atomic E-state index is 0.171. The fourth-order valence-corrected chi connectivity index (χ4v) is 6.84. The third-order valence-corrected chi connectivity index (χ3v) is 8.61. The van der Waals surface area contributed by atoms with Crippen LogP contribution in [0.25, 0.3) is 10.8 Å². The summed E-state index contributed by atoms with van der Waals surface area (Å²) in [7, 11) is 0. The fourth-order valence-electron chi connectivity index (χ4n) is 6.84. The summed E-state index contributed by atoms with van der Waals surface area (Å²) in [5.41, 5.74) is -1.71. The monoisotopic (exact) mass is 492 g/mol. The van der Waals surface area contributed by atoms with Crippen LogP contribution in [0.4, 0.5) is 5.69 Å². The zero-order valence-corrected chi connectivity index (χ0v) is 20.8. The van der Waals surface area contributed by atoms with E-state index in [2.05, 4.69) is 6.58 Å². The zero-order chi connectivity index (χ0) is 26.0. The molecule has 3 heterocycles. The number of carboxylic acids is 1. The molecule has 8 heteroatoms. The van der Waals surface area contributed by atoms with Crippen molar-refractivity contribution in [2.45, 2.75) is 50.5 Å². The molecule has 0 aromatic heterocycles. The summed E-state index contributed by atoms with van der Waals surface area (Å²) < 4.78 is 6.52. The summed E-state index contributed by atoms with van der Waals surface area (Å²) in [4.78, 5) is 43.6. The highest BCUT2D eigenvalue weighted by atomic mass is 16.5. The summed E-state index contributed by atoms with van der Waals surface area (Å²) in [5, 5.41) is 22.1. The number of rotatable bonds is 7. The molecule has 36 heavy (non-hydrogen) atoms. The van der Waals surface area contributed by atoms with Gasteiger partial charge in [0.1, 0.15) is 17.6 Å². The van der Waals surface area contributed by atoms with Crippen molar-refractivity contribution in [2.75, 3.05) is 18.1 Å². The second kappa shape index (κ2) is 8.42. The number of likely N-dealkylation sites (tertiary alicyclic amines) is 1. The number of fused-ring (bicyclic) bond motifs is 2. The van der Waals surface area contributed by atoms with Gasteiger partial charge in [-0.1, -0.05) is 43.3 Å². The molecule has 3 aliphatic heterocycles. The van der Waals surface area contributed by atoms with E-state index in [0.29, 0.717) is 12.1 Å². The normalized spacial score (nSPS) is 33.6. The molecular formula is C28H32N2O6. The summed E-state index contributed by atoms with van der Waals surface area (Å²) in [6, 6.07) is 11.8. The van der Waals surface area contributed by atoms with Gasteiger partial charge in [0, 0.05) is 12.2 Å². The number of hydrogen-bond donors (Lipinski definition) is 2. The van der Waals surface area contributed by atoms with Gasteiger partial charge >= 0.3 is 5.97 Å². The summed E-state index contributed by atoms with van der Waals surface area (Å²) in [5.74, 6) is -4.17. The van der Waals surface area contributed by atoms with Crippen molar-refractivity contribution in [1.82, 2.24) is 4.90 Å². The quantitative estimate of drug-likeness (QED) is 0.576. The van der Waals surface area contributed by atoms with Crippen LogP contribution in [0.3, 0.4) is 0 Å². The maximum Gasteiger partial charge on any atom is 0.310 e. The van der Waals surface area contributed by atoms with E-state index in [-0.39, 0.29) is 25.0 Å². The first-order chi connectivity index (χ1) is 17.1. The molecule has 3 aliphatic rings. The highest BCUT2D eigenvalue weighted by Gasteiger charge is 2.80. The maximum absolute atomic E-state index is 14.4. The Hall–Kier alpha value is -3.23. The summed E-state index contributed by atoms with van der Waals surface area (Å²) >= 11 is 0. The van der Waals surface area contributed by atoms with Crippen LogP contribution in [-0.2, 0) is 19.1 Å². The Morgan fingerprint density at radius 3 is 2.61 bits per heavy atom. The van der Waals surface area contributed by atoms with Gasteiger partial charge in [-0.25, -0.2) is 0 Å². The van der Waals surface area contributed by atoms with E-state index in [9.17, 15) is 24.6 Å². The molecule has 190 valence electrons. The van der Waals surface area contributed by atoms with E-state index in [1.807, 2.05) is 49.4 Å². The number of hydrogen-bond acceptors (Lipinski definition) is 5. The Balaban J connectivity index is 1.65. The first kappa shape index (κ1) is 24.5. The number of ether oxygens (including phenoxy) is 1. The van der Waals surface area contributed by atoms with Crippen molar-refractivity contribution in [3.63, 3.8) is 0 Å². The fraction of sp³-hybridized carbons (Fsp3) is 0.464. The minimum atomic E-state index is -1.29. The number of carbonyl (C=O) groups is 3. The molecule has 2 aromatic rings. The van der Waals surface area contributed by atoms with Crippen LogP contribution in [0.2, 0.25) is 0 Å². The molecule has 2 N–H and O–H groups in total. The van der Waals surface area contributed by atoms with Crippen LogP contribution in [0.1, 0.15) is 27.2 Å². The van der Waals surface area contributed by atoms with E-state index >= 15 is 0 Å². The molecule has 3 unspecified atom stereocenters. The van der Waals surface area contributed by atoms with Crippen LogP contribution in [-0.4, -0.2) is 69.3 Å². The zero-order valence-electron chi connectivity index (χ0n) is 20.8. The molecule has 2 aromatic carbocycles. The van der Waals surface area contributed by atoms with E-state index in [1.54, 1.807) is 24.8 Å². The average molecular weight is 493 g/mol. The molecule has 0 saturated carbocycles. The van der Waals surface area contributed by atoms with E-state index in [0.717, 1.165) is 10.8 Å². The highest BCUT2D eigenvalue weighted by Crippen LogP contribution is 2.65. The molecule has 2 amide bonds. The number of aliphatic hydroxyl groups is 1. The van der Waals surface area contributed by atoms with Crippen molar-refractivity contribution in [1.29, 1.82) is 0 Å². The van der Waals surface area contributed by atoms with Crippen molar-refractivity contribution >= 4 is 34.2 Å². The van der Waals surface area contributed by atoms with Crippen molar-refractivity contribution in [3.8, 4) is 0 Å². The second-order valence-electron chi connectivity index (χ2n) is 10.6. The smallest absolute Gasteiger partial charge is 0.310 e. The van der Waals surface area contributed by atoms with E-state index in [1.165, 1.54) is 4.90 Å². The van der Waals surface area contributed by atoms with Crippen molar-refractivity contribution in [3.05, 3.63) is 55.1 Å². The predicted octanol–water partition coefficient (Wildman–Crippen LogP) is 2.83. The molecular weight excluding hydrogens is 460 g/mol. The molecule has 0 aliphatic carbocycles. The summed E-state index contributed by atoms with van der Waals surface area (Å²) in [6.07, 6.45) is 2.00. The van der Waals surface area contributed by atoms with Gasteiger partial charge in [-0.15, -0.1) is 6.58 Å². The maximum atomic E-state index is 14.4. The van der Waals surface area contributed by atoms with Gasteiger partial charge in [-0.05, 0) is 49.1 Å². The topological polar surface area (TPSA) is 107 Å². The third-order valence-electron chi connectivity index (χ3n) is 8.61. The molecule has 3 saturated heterocycles. The van der Waals surface area contributed by atoms with Gasteiger partial charge < -0.3 is 24.7 Å². The number of amides is 2. The third kappa shape index (κ3) is 3.17. The Kier molecular flexibility index (Phi) is 5.72. The van der Waals surface area contributed by atoms with Crippen LogP contribution in [0.15, 0.2) is 55.1 Å². The Morgan fingerprint density at radius 2 is 1.97 bits per heavy atom. The lowest BCUT2D eigenvalue weighted by atomic mass is 9.62. The van der Waals surface area contributed by atoms with Crippen LogP contribution >= 0.6 is 0 Å². The number of carboxylic acid groups (broad SMARTS) is 1. The van der Waals surface area contributed by atoms with Gasteiger partial charge in [-0.3, -0.25) is 14.4 Å². The Morgan fingerprint density at radius 1 is 1.28 bits per heavy atom. The van der Waals surface area contributed by atoms with Gasteiger partial charge in [-0.2, -0.15) is 0 Å². The Labute approximate surface area is 210 Å². The van der Waals surface area contributed by atoms with Gasteiger partial charge in [0.05, 0.1) is 24.2 Å².